The van der Waals surface area contributed by atoms with Crippen LogP contribution in [0.15, 0.2) is 82.8 Å². The zero-order chi connectivity index (χ0) is 19.2. The SMILES string of the molecule is CN(C)c1cc[n+](CC(=O)Nc2ccccc2Sc2ccc(Cl)cc2)cc1. The van der Waals surface area contributed by atoms with Crippen molar-refractivity contribution in [3.05, 3.63) is 78.1 Å². The Morgan fingerprint density at radius 3 is 2.37 bits per heavy atom. The van der Waals surface area contributed by atoms with Crippen LogP contribution in [0.4, 0.5) is 11.4 Å². The first kappa shape index (κ1) is 19.3. The van der Waals surface area contributed by atoms with Crippen molar-refractivity contribution < 1.29 is 9.36 Å². The van der Waals surface area contributed by atoms with Gasteiger partial charge < -0.3 is 10.2 Å². The molecule has 0 radical (unpaired) electrons. The second-order valence-corrected chi connectivity index (χ2v) is 7.78. The Balaban J connectivity index is 1.68. The van der Waals surface area contributed by atoms with Gasteiger partial charge in [-0.3, -0.25) is 4.79 Å². The lowest BCUT2D eigenvalue weighted by molar-refractivity contribution is -0.684. The maximum absolute atomic E-state index is 12.5. The summed E-state index contributed by atoms with van der Waals surface area (Å²) in [5.74, 6) is -0.0678. The number of carbonyl (C=O) groups is 1. The third kappa shape index (κ3) is 5.49. The fourth-order valence-corrected chi connectivity index (χ4v) is 3.52. The van der Waals surface area contributed by atoms with Gasteiger partial charge in [0.15, 0.2) is 12.4 Å². The fourth-order valence-electron chi connectivity index (χ4n) is 2.50. The van der Waals surface area contributed by atoms with Crippen molar-refractivity contribution in [1.82, 2.24) is 0 Å². The second kappa shape index (κ2) is 8.93. The van der Waals surface area contributed by atoms with Crippen LogP contribution in [0.25, 0.3) is 0 Å². The molecule has 0 saturated carbocycles. The highest BCUT2D eigenvalue weighted by molar-refractivity contribution is 7.99. The molecule has 3 rings (SSSR count). The molecule has 4 nitrogen and oxygen atoms in total. The zero-order valence-electron chi connectivity index (χ0n) is 15.2. The molecule has 1 heterocycles. The lowest BCUT2D eigenvalue weighted by Crippen LogP contribution is -2.39. The highest BCUT2D eigenvalue weighted by Gasteiger charge is 2.12. The highest BCUT2D eigenvalue weighted by Crippen LogP contribution is 2.33. The van der Waals surface area contributed by atoms with E-state index in [1.54, 1.807) is 11.8 Å². The molecule has 0 spiro atoms. The fraction of sp³-hybridized carbons (Fsp3) is 0.143. The summed E-state index contributed by atoms with van der Waals surface area (Å²) in [6.07, 6.45) is 3.81. The normalized spacial score (nSPS) is 10.5. The van der Waals surface area contributed by atoms with Gasteiger partial charge in [0.1, 0.15) is 0 Å². The molecule has 138 valence electrons. The maximum Gasteiger partial charge on any atom is 0.290 e. The number of hydrogen-bond acceptors (Lipinski definition) is 3. The summed E-state index contributed by atoms with van der Waals surface area (Å²) in [5.41, 5.74) is 1.89. The molecule has 6 heteroatoms. The molecular formula is C21H21ClN3OS+. The van der Waals surface area contributed by atoms with Crippen LogP contribution < -0.4 is 14.8 Å². The molecular weight excluding hydrogens is 378 g/mol. The minimum Gasteiger partial charge on any atom is -0.377 e. The van der Waals surface area contributed by atoms with E-state index in [1.165, 1.54) is 0 Å². The molecule has 3 aromatic rings. The number of aromatic nitrogens is 1. The molecule has 0 aliphatic heterocycles. The van der Waals surface area contributed by atoms with Crippen molar-refractivity contribution in [3.8, 4) is 0 Å². The number of amides is 1. The summed E-state index contributed by atoms with van der Waals surface area (Å²) >= 11 is 7.54. The van der Waals surface area contributed by atoms with Gasteiger partial charge in [0.2, 0.25) is 6.54 Å². The minimum atomic E-state index is -0.0678. The Labute approximate surface area is 168 Å². The third-order valence-electron chi connectivity index (χ3n) is 3.92. The average molecular weight is 399 g/mol. The van der Waals surface area contributed by atoms with Crippen molar-refractivity contribution in [1.29, 1.82) is 0 Å². The van der Waals surface area contributed by atoms with Gasteiger partial charge in [-0.05, 0) is 36.4 Å². The molecule has 0 fully saturated rings. The number of nitrogens with one attached hydrogen (secondary N) is 1. The van der Waals surface area contributed by atoms with Crippen molar-refractivity contribution in [2.45, 2.75) is 16.3 Å². The van der Waals surface area contributed by atoms with E-state index >= 15 is 0 Å². The largest absolute Gasteiger partial charge is 0.377 e. The highest BCUT2D eigenvalue weighted by atomic mass is 35.5. The first-order valence-electron chi connectivity index (χ1n) is 8.50. The lowest BCUT2D eigenvalue weighted by Gasteiger charge is -2.11. The van der Waals surface area contributed by atoms with Gasteiger partial charge in [-0.2, -0.15) is 4.57 Å². The van der Waals surface area contributed by atoms with Crippen LogP contribution in [-0.4, -0.2) is 20.0 Å². The maximum atomic E-state index is 12.5. The molecule has 0 aliphatic carbocycles. The number of para-hydroxylation sites is 1. The van der Waals surface area contributed by atoms with Crippen LogP contribution in [0, 0.1) is 0 Å². The van der Waals surface area contributed by atoms with E-state index in [0.717, 1.165) is 21.2 Å². The van der Waals surface area contributed by atoms with Gasteiger partial charge in [-0.25, -0.2) is 0 Å². The molecule has 0 saturated heterocycles. The topological polar surface area (TPSA) is 36.2 Å². The van der Waals surface area contributed by atoms with E-state index in [1.807, 2.05) is 96.6 Å². The van der Waals surface area contributed by atoms with Gasteiger partial charge in [-0.15, -0.1) is 0 Å². The minimum absolute atomic E-state index is 0.0678. The second-order valence-electron chi connectivity index (χ2n) is 6.22. The number of halogens is 1. The van der Waals surface area contributed by atoms with Crippen LogP contribution in [0.2, 0.25) is 5.02 Å². The van der Waals surface area contributed by atoms with E-state index in [0.29, 0.717) is 5.02 Å². The first-order valence-corrected chi connectivity index (χ1v) is 9.69. The van der Waals surface area contributed by atoms with E-state index < -0.39 is 0 Å². The summed E-state index contributed by atoms with van der Waals surface area (Å²) in [4.78, 5) is 16.6. The number of nitrogens with zero attached hydrogens (tertiary/aromatic N) is 2. The lowest BCUT2D eigenvalue weighted by atomic mass is 10.3. The Bertz CT molecular complexity index is 911. The van der Waals surface area contributed by atoms with Crippen LogP contribution in [0.5, 0.6) is 0 Å². The van der Waals surface area contributed by atoms with Gasteiger partial charge in [0.05, 0.1) is 5.69 Å². The molecule has 1 aromatic heterocycles. The molecule has 1 N–H and O–H groups in total. The predicted octanol–water partition coefficient (Wildman–Crippen LogP) is 4.48. The van der Waals surface area contributed by atoms with Crippen LogP contribution in [0.3, 0.4) is 0 Å². The molecule has 1 amide bonds. The number of benzene rings is 2. The Hall–Kier alpha value is -2.50. The first-order chi connectivity index (χ1) is 13.0. The van der Waals surface area contributed by atoms with E-state index in [9.17, 15) is 4.79 Å². The van der Waals surface area contributed by atoms with Crippen LogP contribution in [-0.2, 0) is 11.3 Å². The van der Waals surface area contributed by atoms with Crippen molar-refractivity contribution in [2.75, 3.05) is 24.3 Å². The number of pyridine rings is 1. The molecule has 0 bridgehead atoms. The third-order valence-corrected chi connectivity index (χ3v) is 5.25. The van der Waals surface area contributed by atoms with Crippen molar-refractivity contribution in [2.24, 2.45) is 0 Å². The van der Waals surface area contributed by atoms with Crippen LogP contribution >= 0.6 is 23.4 Å². The Morgan fingerprint density at radius 2 is 1.70 bits per heavy atom. The average Bonchev–Trinajstić information content (AvgIpc) is 2.65. The summed E-state index contributed by atoms with van der Waals surface area (Å²) in [7, 11) is 3.98. The van der Waals surface area contributed by atoms with Gasteiger partial charge in [0.25, 0.3) is 5.91 Å². The summed E-state index contributed by atoms with van der Waals surface area (Å²) in [6.45, 7) is 0.258. The quantitative estimate of drug-likeness (QED) is 0.622. The molecule has 0 atom stereocenters. The number of hydrogen-bond donors (Lipinski definition) is 1. The molecule has 27 heavy (non-hydrogen) atoms. The van der Waals surface area contributed by atoms with Gasteiger partial charge in [0, 0.05) is 46.7 Å². The zero-order valence-corrected chi connectivity index (χ0v) is 16.8. The predicted molar refractivity (Wildman–Crippen MR) is 112 cm³/mol. The monoisotopic (exact) mass is 398 g/mol. The van der Waals surface area contributed by atoms with E-state index in [4.69, 9.17) is 11.6 Å². The summed E-state index contributed by atoms with van der Waals surface area (Å²) in [6, 6.07) is 19.4. The Kier molecular flexibility index (Phi) is 6.37. The van der Waals surface area contributed by atoms with Gasteiger partial charge in [-0.1, -0.05) is 35.5 Å². The van der Waals surface area contributed by atoms with E-state index in [-0.39, 0.29) is 12.5 Å². The molecule has 0 unspecified atom stereocenters. The smallest absolute Gasteiger partial charge is 0.290 e. The standard InChI is InChI=1S/C21H20ClN3OS/c1-24(2)17-11-13-25(14-12-17)15-21(26)23-19-5-3-4-6-20(19)27-18-9-7-16(22)8-10-18/h3-14H,15H2,1-2H3/p+1. The molecule has 0 aliphatic rings. The number of anilines is 2. The molecule has 2 aromatic carbocycles. The van der Waals surface area contributed by atoms with E-state index in [2.05, 4.69) is 5.32 Å². The van der Waals surface area contributed by atoms with Crippen molar-refractivity contribution >= 4 is 40.6 Å². The van der Waals surface area contributed by atoms with Gasteiger partial charge >= 0.3 is 0 Å². The Morgan fingerprint density at radius 1 is 1.04 bits per heavy atom. The summed E-state index contributed by atoms with van der Waals surface area (Å²) in [5, 5.41) is 3.72. The number of carbonyl (C=O) groups excluding carboxylic acids is 1. The summed E-state index contributed by atoms with van der Waals surface area (Å²) < 4.78 is 1.86. The van der Waals surface area contributed by atoms with Crippen LogP contribution in [0.1, 0.15) is 0 Å². The number of rotatable bonds is 6. The van der Waals surface area contributed by atoms with Crippen molar-refractivity contribution in [3.63, 3.8) is 0 Å².